The van der Waals surface area contributed by atoms with E-state index >= 15 is 0 Å². The highest BCUT2D eigenvalue weighted by Gasteiger charge is 2.30. The number of ether oxygens (including phenoxy) is 1. The van der Waals surface area contributed by atoms with Gasteiger partial charge in [0.25, 0.3) is 0 Å². The van der Waals surface area contributed by atoms with Crippen LogP contribution in [0, 0.1) is 12.8 Å². The monoisotopic (exact) mass is 401 g/mol. The molecule has 28 heavy (non-hydrogen) atoms. The Hall–Kier alpha value is -2.41. The highest BCUT2D eigenvalue weighted by atomic mass is 32.1. The molecule has 0 spiro atoms. The summed E-state index contributed by atoms with van der Waals surface area (Å²) >= 11 is 1.61. The van der Waals surface area contributed by atoms with Crippen molar-refractivity contribution < 1.29 is 14.3 Å². The van der Waals surface area contributed by atoms with Gasteiger partial charge in [-0.3, -0.25) is 4.79 Å². The zero-order chi connectivity index (χ0) is 20.1. The van der Waals surface area contributed by atoms with Crippen molar-refractivity contribution in [1.82, 2.24) is 15.2 Å². The number of carbonyl (C=O) groups is 2. The van der Waals surface area contributed by atoms with Crippen LogP contribution in [-0.2, 0) is 9.53 Å². The van der Waals surface area contributed by atoms with Crippen LogP contribution in [0.3, 0.4) is 0 Å². The maximum atomic E-state index is 12.8. The molecule has 1 aliphatic heterocycles. The van der Waals surface area contributed by atoms with Crippen molar-refractivity contribution in [3.63, 3.8) is 0 Å². The van der Waals surface area contributed by atoms with Crippen molar-refractivity contribution in [3.8, 4) is 10.6 Å². The van der Waals surface area contributed by atoms with Crippen LogP contribution in [0.25, 0.3) is 10.6 Å². The topological polar surface area (TPSA) is 71.5 Å². The number of piperidine rings is 1. The maximum absolute atomic E-state index is 12.8. The van der Waals surface area contributed by atoms with Gasteiger partial charge in [-0.2, -0.15) is 0 Å². The van der Waals surface area contributed by atoms with Gasteiger partial charge in [-0.25, -0.2) is 9.78 Å². The molecule has 2 atom stereocenters. The minimum Gasteiger partial charge on any atom is -0.450 e. The van der Waals surface area contributed by atoms with Gasteiger partial charge in [-0.15, -0.1) is 11.3 Å². The molecule has 1 aromatic heterocycles. The number of likely N-dealkylation sites (tertiary alicyclic amines) is 1. The predicted octanol–water partition coefficient (Wildman–Crippen LogP) is 4.16. The van der Waals surface area contributed by atoms with Crippen molar-refractivity contribution in [3.05, 3.63) is 40.9 Å². The second kappa shape index (κ2) is 9.19. The number of benzene rings is 1. The molecule has 2 aromatic rings. The molecule has 0 bridgehead atoms. The number of amides is 2. The fourth-order valence-corrected chi connectivity index (χ4v) is 4.56. The maximum Gasteiger partial charge on any atom is 0.409 e. The Labute approximate surface area is 169 Å². The minimum absolute atomic E-state index is 0.0180. The summed E-state index contributed by atoms with van der Waals surface area (Å²) in [6.45, 7) is 7.15. The van der Waals surface area contributed by atoms with E-state index in [-0.39, 0.29) is 24.0 Å². The molecule has 150 valence electrons. The van der Waals surface area contributed by atoms with E-state index in [0.717, 1.165) is 34.0 Å². The lowest BCUT2D eigenvalue weighted by molar-refractivity contribution is -0.127. The second-order valence-corrected chi connectivity index (χ2v) is 8.08. The van der Waals surface area contributed by atoms with Gasteiger partial charge in [-0.05, 0) is 33.6 Å². The van der Waals surface area contributed by atoms with E-state index in [1.807, 2.05) is 44.2 Å². The van der Waals surface area contributed by atoms with E-state index in [1.165, 1.54) is 0 Å². The zero-order valence-corrected chi connectivity index (χ0v) is 17.4. The number of nitrogens with one attached hydrogen (secondary N) is 1. The Balaban J connectivity index is 1.64. The molecule has 0 saturated carbocycles. The first-order valence-corrected chi connectivity index (χ1v) is 10.6. The Morgan fingerprint density at radius 1 is 1.36 bits per heavy atom. The molecule has 3 rings (SSSR count). The van der Waals surface area contributed by atoms with Crippen molar-refractivity contribution in [2.75, 3.05) is 19.7 Å². The van der Waals surface area contributed by atoms with Gasteiger partial charge in [0.1, 0.15) is 5.01 Å². The number of hydrogen-bond acceptors (Lipinski definition) is 5. The lowest BCUT2D eigenvalue weighted by atomic mass is 9.97. The number of carbonyl (C=O) groups excluding carboxylic acids is 2. The highest BCUT2D eigenvalue weighted by molar-refractivity contribution is 7.15. The van der Waals surface area contributed by atoms with E-state index in [2.05, 4.69) is 10.3 Å². The lowest BCUT2D eigenvalue weighted by Gasteiger charge is -2.31. The largest absolute Gasteiger partial charge is 0.450 e. The highest BCUT2D eigenvalue weighted by Crippen LogP contribution is 2.32. The van der Waals surface area contributed by atoms with Gasteiger partial charge in [0.2, 0.25) is 5.91 Å². The van der Waals surface area contributed by atoms with Gasteiger partial charge >= 0.3 is 6.09 Å². The third-order valence-corrected chi connectivity index (χ3v) is 6.31. The summed E-state index contributed by atoms with van der Waals surface area (Å²) in [6, 6.07) is 9.93. The quantitative estimate of drug-likeness (QED) is 0.816. The molecule has 2 heterocycles. The van der Waals surface area contributed by atoms with E-state index in [0.29, 0.717) is 19.7 Å². The Morgan fingerprint density at radius 3 is 2.82 bits per heavy atom. The molecule has 2 amide bonds. The smallest absolute Gasteiger partial charge is 0.409 e. The molecule has 6 nitrogen and oxygen atoms in total. The molecule has 1 saturated heterocycles. The van der Waals surface area contributed by atoms with Crippen LogP contribution in [0.1, 0.15) is 43.3 Å². The SMILES string of the molecule is CCOC(=O)N1CCCC(C(=O)NC(C)c2sc(-c3ccccc3)nc2C)C1. The molecular formula is C21H27N3O3S. The van der Waals surface area contributed by atoms with E-state index in [4.69, 9.17) is 4.74 Å². The molecule has 1 aromatic carbocycles. The molecular weight excluding hydrogens is 374 g/mol. The van der Waals surface area contributed by atoms with Crippen molar-refractivity contribution >= 4 is 23.3 Å². The fraction of sp³-hybridized carbons (Fsp3) is 0.476. The summed E-state index contributed by atoms with van der Waals surface area (Å²) < 4.78 is 5.07. The van der Waals surface area contributed by atoms with E-state index < -0.39 is 0 Å². The van der Waals surface area contributed by atoms with Crippen molar-refractivity contribution in [2.24, 2.45) is 5.92 Å². The number of thiazole rings is 1. The lowest BCUT2D eigenvalue weighted by Crippen LogP contribution is -2.46. The van der Waals surface area contributed by atoms with Crippen molar-refractivity contribution in [1.29, 1.82) is 0 Å². The fourth-order valence-electron chi connectivity index (χ4n) is 3.48. The number of hydrogen-bond donors (Lipinski definition) is 1. The normalized spacial score (nSPS) is 17.8. The van der Waals surface area contributed by atoms with Gasteiger partial charge in [-0.1, -0.05) is 30.3 Å². The van der Waals surface area contributed by atoms with Crippen LogP contribution in [0.5, 0.6) is 0 Å². The molecule has 0 radical (unpaired) electrons. The van der Waals surface area contributed by atoms with Crippen LogP contribution in [0.15, 0.2) is 30.3 Å². The second-order valence-electron chi connectivity index (χ2n) is 7.05. The van der Waals surface area contributed by atoms with Crippen LogP contribution in [0.4, 0.5) is 4.79 Å². The number of rotatable bonds is 5. The van der Waals surface area contributed by atoms with Gasteiger partial charge in [0.15, 0.2) is 0 Å². The summed E-state index contributed by atoms with van der Waals surface area (Å²) in [5, 5.41) is 4.07. The Kier molecular flexibility index (Phi) is 6.67. The molecule has 1 N–H and O–H groups in total. The number of aromatic nitrogens is 1. The summed E-state index contributed by atoms with van der Waals surface area (Å²) in [4.78, 5) is 32.1. The van der Waals surface area contributed by atoms with Crippen LogP contribution in [-0.4, -0.2) is 41.6 Å². The first-order chi connectivity index (χ1) is 13.5. The first kappa shape index (κ1) is 20.3. The predicted molar refractivity (Wildman–Crippen MR) is 110 cm³/mol. The van der Waals surface area contributed by atoms with Crippen LogP contribution < -0.4 is 5.32 Å². The third-order valence-electron chi connectivity index (χ3n) is 4.92. The summed E-state index contributed by atoms with van der Waals surface area (Å²) in [6.07, 6.45) is 1.26. The third kappa shape index (κ3) is 4.70. The number of nitrogens with zero attached hydrogens (tertiary/aromatic N) is 2. The summed E-state index contributed by atoms with van der Waals surface area (Å²) in [7, 11) is 0. The van der Waals surface area contributed by atoms with Crippen LogP contribution >= 0.6 is 11.3 Å². The molecule has 0 aliphatic carbocycles. The van der Waals surface area contributed by atoms with Gasteiger partial charge < -0.3 is 15.0 Å². The summed E-state index contributed by atoms with van der Waals surface area (Å²) in [5.41, 5.74) is 2.02. The zero-order valence-electron chi connectivity index (χ0n) is 16.6. The number of aryl methyl sites for hydroxylation is 1. The van der Waals surface area contributed by atoms with Crippen LogP contribution in [0.2, 0.25) is 0 Å². The molecule has 1 aliphatic rings. The van der Waals surface area contributed by atoms with Crippen molar-refractivity contribution in [2.45, 2.75) is 39.7 Å². The molecule has 7 heteroatoms. The van der Waals surface area contributed by atoms with E-state index in [9.17, 15) is 9.59 Å². The Morgan fingerprint density at radius 2 is 2.11 bits per heavy atom. The average Bonchev–Trinajstić information content (AvgIpc) is 3.11. The standard InChI is InChI=1S/C21H27N3O3S/c1-4-27-21(26)24-12-8-11-17(13-24)19(25)22-14(2)18-15(3)23-20(28-18)16-9-6-5-7-10-16/h5-7,9-10,14,17H,4,8,11-13H2,1-3H3,(H,22,25). The molecule has 2 unspecified atom stereocenters. The Bertz CT molecular complexity index is 822. The summed E-state index contributed by atoms with van der Waals surface area (Å²) in [5.74, 6) is -0.224. The average molecular weight is 402 g/mol. The van der Waals surface area contributed by atoms with Gasteiger partial charge in [0.05, 0.1) is 29.1 Å². The molecule has 1 fully saturated rings. The van der Waals surface area contributed by atoms with Gasteiger partial charge in [0, 0.05) is 18.7 Å². The first-order valence-electron chi connectivity index (χ1n) is 9.74. The minimum atomic E-state index is -0.334. The van der Waals surface area contributed by atoms with E-state index in [1.54, 1.807) is 23.2 Å².